The zero-order valence-electron chi connectivity index (χ0n) is 11.6. The van der Waals surface area contributed by atoms with E-state index >= 15 is 0 Å². The number of aromatic nitrogens is 2. The number of nitrogens with zero attached hydrogens (tertiary/aromatic N) is 2. The van der Waals surface area contributed by atoms with Crippen LogP contribution in [0.2, 0.25) is 0 Å². The summed E-state index contributed by atoms with van der Waals surface area (Å²) in [7, 11) is 0. The molecule has 1 aliphatic rings. The predicted molar refractivity (Wildman–Crippen MR) is 73.2 cm³/mol. The van der Waals surface area contributed by atoms with E-state index < -0.39 is 11.7 Å². The van der Waals surface area contributed by atoms with Gasteiger partial charge in [0.15, 0.2) is 0 Å². The third kappa shape index (κ3) is 2.95. The van der Waals surface area contributed by atoms with Gasteiger partial charge in [-0.25, -0.2) is 4.68 Å². The number of halogens is 3. The van der Waals surface area contributed by atoms with Crippen molar-refractivity contribution >= 4 is 0 Å². The van der Waals surface area contributed by atoms with E-state index in [0.29, 0.717) is 12.6 Å². The second-order valence-electron chi connectivity index (χ2n) is 5.34. The fraction of sp³-hybridized carbons (Fsp3) is 0.400. The Morgan fingerprint density at radius 3 is 2.67 bits per heavy atom. The van der Waals surface area contributed by atoms with Crippen LogP contribution in [0.3, 0.4) is 0 Å². The van der Waals surface area contributed by atoms with Gasteiger partial charge in [-0.05, 0) is 31.9 Å². The SMILES string of the molecule is Cc1c(CNC2CC2)cnn1-c1ccccc1C(F)(F)F. The van der Waals surface area contributed by atoms with Crippen LogP contribution in [0.1, 0.15) is 29.7 Å². The highest BCUT2D eigenvalue weighted by Crippen LogP contribution is 2.34. The van der Waals surface area contributed by atoms with Gasteiger partial charge in [0.1, 0.15) is 0 Å². The summed E-state index contributed by atoms with van der Waals surface area (Å²) in [6.45, 7) is 2.44. The Kier molecular flexibility index (Phi) is 3.49. The van der Waals surface area contributed by atoms with E-state index in [-0.39, 0.29) is 5.69 Å². The Morgan fingerprint density at radius 1 is 1.29 bits per heavy atom. The Hall–Kier alpha value is -1.82. The molecule has 0 atom stereocenters. The van der Waals surface area contributed by atoms with Crippen LogP contribution >= 0.6 is 0 Å². The summed E-state index contributed by atoms with van der Waals surface area (Å²) >= 11 is 0. The largest absolute Gasteiger partial charge is 0.418 e. The fourth-order valence-electron chi connectivity index (χ4n) is 2.30. The quantitative estimate of drug-likeness (QED) is 0.936. The molecule has 1 heterocycles. The predicted octanol–water partition coefficient (Wildman–Crippen LogP) is 3.45. The van der Waals surface area contributed by atoms with Crippen molar-refractivity contribution in [3.63, 3.8) is 0 Å². The van der Waals surface area contributed by atoms with Crippen molar-refractivity contribution in [2.45, 2.75) is 38.5 Å². The topological polar surface area (TPSA) is 29.9 Å². The van der Waals surface area contributed by atoms with E-state index in [0.717, 1.165) is 17.3 Å². The Balaban J connectivity index is 1.93. The molecule has 1 aromatic heterocycles. The van der Waals surface area contributed by atoms with Crippen LogP contribution in [-0.2, 0) is 12.7 Å². The number of hydrogen-bond donors (Lipinski definition) is 1. The number of alkyl halides is 3. The zero-order valence-corrected chi connectivity index (χ0v) is 11.6. The maximum absolute atomic E-state index is 13.1. The van der Waals surface area contributed by atoms with Gasteiger partial charge in [0.05, 0.1) is 17.4 Å². The molecular formula is C15H16F3N3. The first kappa shape index (κ1) is 14.1. The molecular weight excluding hydrogens is 279 g/mol. The summed E-state index contributed by atoms with van der Waals surface area (Å²) < 4.78 is 40.6. The molecule has 3 nitrogen and oxygen atoms in total. The molecule has 1 aliphatic carbocycles. The number of nitrogens with one attached hydrogen (secondary N) is 1. The first-order valence-electron chi connectivity index (χ1n) is 6.90. The van der Waals surface area contributed by atoms with Gasteiger partial charge in [-0.1, -0.05) is 12.1 Å². The maximum Gasteiger partial charge on any atom is 0.418 e. The molecule has 1 fully saturated rings. The Labute approximate surface area is 120 Å². The van der Waals surface area contributed by atoms with E-state index in [9.17, 15) is 13.2 Å². The van der Waals surface area contributed by atoms with Crippen molar-refractivity contribution in [3.05, 3.63) is 47.3 Å². The summed E-state index contributed by atoms with van der Waals surface area (Å²) in [4.78, 5) is 0. The lowest BCUT2D eigenvalue weighted by molar-refractivity contribution is -0.137. The fourth-order valence-corrected chi connectivity index (χ4v) is 2.30. The first-order valence-corrected chi connectivity index (χ1v) is 6.90. The van der Waals surface area contributed by atoms with Gasteiger partial charge in [-0.3, -0.25) is 0 Å². The van der Waals surface area contributed by atoms with E-state index in [1.165, 1.54) is 29.7 Å². The normalized spacial score (nSPS) is 15.4. The number of benzene rings is 1. The van der Waals surface area contributed by atoms with Gasteiger partial charge in [-0.2, -0.15) is 18.3 Å². The van der Waals surface area contributed by atoms with Crippen molar-refractivity contribution in [3.8, 4) is 5.69 Å². The summed E-state index contributed by atoms with van der Waals surface area (Å²) in [6, 6.07) is 6.06. The summed E-state index contributed by atoms with van der Waals surface area (Å²) in [5.74, 6) is 0. The molecule has 1 saturated carbocycles. The van der Waals surface area contributed by atoms with Crippen molar-refractivity contribution in [2.24, 2.45) is 0 Å². The molecule has 0 spiro atoms. The second kappa shape index (κ2) is 5.18. The van der Waals surface area contributed by atoms with Gasteiger partial charge >= 0.3 is 6.18 Å². The molecule has 1 aromatic carbocycles. The smallest absolute Gasteiger partial charge is 0.310 e. The van der Waals surface area contributed by atoms with Crippen LogP contribution in [0, 0.1) is 6.92 Å². The van der Waals surface area contributed by atoms with Gasteiger partial charge in [0.2, 0.25) is 0 Å². The highest BCUT2D eigenvalue weighted by Gasteiger charge is 2.34. The van der Waals surface area contributed by atoms with Gasteiger partial charge in [-0.15, -0.1) is 0 Å². The van der Waals surface area contributed by atoms with E-state index in [1.807, 2.05) is 0 Å². The minimum absolute atomic E-state index is 0.0696. The molecule has 2 aromatic rings. The summed E-state index contributed by atoms with van der Waals surface area (Å²) in [5, 5.41) is 7.48. The molecule has 1 N–H and O–H groups in total. The van der Waals surface area contributed by atoms with E-state index in [2.05, 4.69) is 10.4 Å². The average Bonchev–Trinajstić information content (AvgIpc) is 3.19. The van der Waals surface area contributed by atoms with Crippen molar-refractivity contribution in [2.75, 3.05) is 0 Å². The van der Waals surface area contributed by atoms with Crippen LogP contribution in [0.15, 0.2) is 30.5 Å². The number of hydrogen-bond acceptors (Lipinski definition) is 2. The van der Waals surface area contributed by atoms with E-state index in [4.69, 9.17) is 0 Å². The summed E-state index contributed by atoms with van der Waals surface area (Å²) in [5.41, 5.74) is 1.07. The molecule has 0 saturated heterocycles. The summed E-state index contributed by atoms with van der Waals surface area (Å²) in [6.07, 6.45) is -0.409. The molecule has 0 bridgehead atoms. The van der Waals surface area contributed by atoms with Crippen molar-refractivity contribution in [1.82, 2.24) is 15.1 Å². The van der Waals surface area contributed by atoms with Crippen molar-refractivity contribution < 1.29 is 13.2 Å². The monoisotopic (exact) mass is 295 g/mol. The molecule has 0 aliphatic heterocycles. The Bertz CT molecular complexity index is 642. The van der Waals surface area contributed by atoms with Crippen LogP contribution in [0.5, 0.6) is 0 Å². The highest BCUT2D eigenvalue weighted by molar-refractivity contribution is 5.44. The first-order chi connectivity index (χ1) is 9.97. The Morgan fingerprint density at radius 2 is 2.00 bits per heavy atom. The van der Waals surface area contributed by atoms with Gasteiger partial charge in [0.25, 0.3) is 0 Å². The average molecular weight is 295 g/mol. The minimum atomic E-state index is -4.39. The lowest BCUT2D eigenvalue weighted by atomic mass is 10.1. The van der Waals surface area contributed by atoms with Crippen LogP contribution < -0.4 is 5.32 Å². The zero-order chi connectivity index (χ0) is 15.0. The third-order valence-corrected chi connectivity index (χ3v) is 3.71. The van der Waals surface area contributed by atoms with Gasteiger partial charge < -0.3 is 5.32 Å². The van der Waals surface area contributed by atoms with Crippen LogP contribution in [0.4, 0.5) is 13.2 Å². The highest BCUT2D eigenvalue weighted by atomic mass is 19.4. The standard InChI is InChI=1S/C15H16F3N3/c1-10-11(8-19-12-6-7-12)9-20-21(10)14-5-3-2-4-13(14)15(16,17)18/h2-5,9,12,19H,6-8H2,1H3. The minimum Gasteiger partial charge on any atom is -0.310 e. The number of rotatable bonds is 4. The van der Waals surface area contributed by atoms with Gasteiger partial charge in [0, 0.05) is 23.8 Å². The van der Waals surface area contributed by atoms with E-state index in [1.54, 1.807) is 19.2 Å². The molecule has 0 amide bonds. The molecule has 6 heteroatoms. The molecule has 21 heavy (non-hydrogen) atoms. The molecule has 0 unspecified atom stereocenters. The van der Waals surface area contributed by atoms with Crippen LogP contribution in [-0.4, -0.2) is 15.8 Å². The lowest BCUT2D eigenvalue weighted by Gasteiger charge is -2.14. The molecule has 112 valence electrons. The van der Waals surface area contributed by atoms with Crippen molar-refractivity contribution in [1.29, 1.82) is 0 Å². The lowest BCUT2D eigenvalue weighted by Crippen LogP contribution is -2.16. The third-order valence-electron chi connectivity index (χ3n) is 3.71. The molecule has 3 rings (SSSR count). The maximum atomic E-state index is 13.1. The number of para-hydroxylation sites is 1. The second-order valence-corrected chi connectivity index (χ2v) is 5.34. The molecule has 0 radical (unpaired) electrons. The van der Waals surface area contributed by atoms with Crippen LogP contribution in [0.25, 0.3) is 5.69 Å².